The number of carbonyl (C=O) groups excluding carboxylic acids is 1. The second kappa shape index (κ2) is 12.3. The molecule has 0 aliphatic carbocycles. The van der Waals surface area contributed by atoms with E-state index >= 15 is 0 Å². The molecule has 0 radical (unpaired) electrons. The Kier molecular flexibility index (Phi) is 10.1. The molecule has 3 rings (SSSR count). The first-order valence-corrected chi connectivity index (χ1v) is 10.4. The summed E-state index contributed by atoms with van der Waals surface area (Å²) >= 11 is 0. The lowest BCUT2D eigenvalue weighted by Crippen LogP contribution is -2.46. The molecule has 30 heavy (non-hydrogen) atoms. The normalized spacial score (nSPS) is 18.0. The number of nitrogens with one attached hydrogen (secondary N) is 1. The predicted molar refractivity (Wildman–Crippen MR) is 126 cm³/mol. The molecule has 2 aliphatic heterocycles. The Bertz CT molecular complexity index is 720. The van der Waals surface area contributed by atoms with Gasteiger partial charge in [0.2, 0.25) is 0 Å². The Morgan fingerprint density at radius 2 is 1.97 bits per heavy atom. The molecule has 1 aromatic rings. The highest BCUT2D eigenvalue weighted by molar-refractivity contribution is 14.0. The lowest BCUT2D eigenvalue weighted by Gasteiger charge is -2.33. The highest BCUT2D eigenvalue weighted by Crippen LogP contribution is 2.22. The van der Waals surface area contributed by atoms with E-state index in [4.69, 9.17) is 9.47 Å². The molecule has 0 amide bonds. The second-order valence-electron chi connectivity index (χ2n) is 7.30. The van der Waals surface area contributed by atoms with E-state index in [-0.39, 0.29) is 41.7 Å². The molecular weight excluding hydrogens is 502 g/mol. The summed E-state index contributed by atoms with van der Waals surface area (Å²) in [6, 6.07) is 5.37. The molecule has 0 atom stereocenters. The first-order valence-electron chi connectivity index (χ1n) is 10.4. The van der Waals surface area contributed by atoms with Gasteiger partial charge < -0.3 is 24.6 Å². The summed E-state index contributed by atoms with van der Waals surface area (Å²) in [6.45, 7) is 6.91. The van der Waals surface area contributed by atoms with Crippen molar-refractivity contribution in [3.8, 4) is 0 Å². The topological polar surface area (TPSA) is 66.4 Å². The van der Waals surface area contributed by atoms with Gasteiger partial charge in [-0.15, -0.1) is 24.0 Å². The van der Waals surface area contributed by atoms with Crippen molar-refractivity contribution in [3.05, 3.63) is 29.6 Å². The number of ether oxygens (including phenoxy) is 2. The molecule has 0 aromatic heterocycles. The number of aliphatic imine (C=N–C) groups is 1. The van der Waals surface area contributed by atoms with Gasteiger partial charge >= 0.3 is 5.97 Å². The smallest absolute Gasteiger partial charge is 0.309 e. The van der Waals surface area contributed by atoms with Crippen LogP contribution in [0.3, 0.4) is 0 Å². The van der Waals surface area contributed by atoms with Crippen LogP contribution >= 0.6 is 24.0 Å². The number of anilines is 1. The summed E-state index contributed by atoms with van der Waals surface area (Å²) in [4.78, 5) is 20.4. The van der Waals surface area contributed by atoms with Crippen molar-refractivity contribution in [1.29, 1.82) is 0 Å². The third-order valence-electron chi connectivity index (χ3n) is 5.44. The Hall–Kier alpha value is -1.62. The van der Waals surface area contributed by atoms with Crippen LogP contribution in [0.2, 0.25) is 0 Å². The standard InChI is InChI=1S/C21H31FN4O3.HI/c1-3-29-20(27)17-6-8-26(9-7-17)21(23-2)24-15-16-4-5-19(18(22)14-16)25-10-12-28-13-11-25;/h4-5,14,17H,3,6-13,15H2,1-2H3,(H,23,24);1H. The van der Waals surface area contributed by atoms with Crippen molar-refractivity contribution in [2.75, 3.05) is 57.9 Å². The molecule has 2 saturated heterocycles. The number of esters is 1. The van der Waals surface area contributed by atoms with E-state index in [1.165, 1.54) is 0 Å². The molecule has 0 spiro atoms. The van der Waals surface area contributed by atoms with E-state index < -0.39 is 0 Å². The van der Waals surface area contributed by atoms with E-state index in [1.54, 1.807) is 13.1 Å². The summed E-state index contributed by atoms with van der Waals surface area (Å²) in [5.74, 6) is 0.415. The van der Waals surface area contributed by atoms with Gasteiger partial charge in [-0.2, -0.15) is 0 Å². The number of hydrogen-bond donors (Lipinski definition) is 1. The SMILES string of the molecule is CCOC(=O)C1CCN(C(=NC)NCc2ccc(N3CCOCC3)c(F)c2)CC1.I. The lowest BCUT2D eigenvalue weighted by atomic mass is 9.97. The molecule has 168 valence electrons. The maximum atomic E-state index is 14.6. The summed E-state index contributed by atoms with van der Waals surface area (Å²) < 4.78 is 25.0. The number of likely N-dealkylation sites (tertiary alicyclic amines) is 1. The first-order chi connectivity index (χ1) is 14.1. The summed E-state index contributed by atoms with van der Waals surface area (Å²) in [5.41, 5.74) is 1.49. The van der Waals surface area contributed by atoms with Crippen LogP contribution in [0.4, 0.5) is 10.1 Å². The highest BCUT2D eigenvalue weighted by atomic mass is 127. The maximum absolute atomic E-state index is 14.6. The van der Waals surface area contributed by atoms with Gasteiger partial charge in [-0.05, 0) is 37.5 Å². The van der Waals surface area contributed by atoms with Gasteiger partial charge in [0, 0.05) is 39.8 Å². The fourth-order valence-electron chi connectivity index (χ4n) is 3.82. The van der Waals surface area contributed by atoms with Crippen LogP contribution in [-0.4, -0.2) is 69.9 Å². The van der Waals surface area contributed by atoms with Gasteiger partial charge in [-0.3, -0.25) is 9.79 Å². The van der Waals surface area contributed by atoms with E-state index in [2.05, 4.69) is 15.2 Å². The molecule has 0 unspecified atom stereocenters. The van der Waals surface area contributed by atoms with Gasteiger partial charge in [0.05, 0.1) is 31.4 Å². The number of piperidine rings is 1. The van der Waals surface area contributed by atoms with E-state index in [0.717, 1.165) is 37.5 Å². The molecule has 2 heterocycles. The number of morpholine rings is 1. The Morgan fingerprint density at radius 1 is 1.27 bits per heavy atom. The van der Waals surface area contributed by atoms with Crippen molar-refractivity contribution in [2.24, 2.45) is 10.9 Å². The number of guanidine groups is 1. The molecule has 1 aromatic carbocycles. The molecule has 0 bridgehead atoms. The Labute approximate surface area is 195 Å². The number of benzene rings is 1. The molecule has 0 saturated carbocycles. The number of hydrogen-bond acceptors (Lipinski definition) is 5. The van der Waals surface area contributed by atoms with Gasteiger partial charge in [-0.1, -0.05) is 6.07 Å². The highest BCUT2D eigenvalue weighted by Gasteiger charge is 2.27. The second-order valence-corrected chi connectivity index (χ2v) is 7.30. The van der Waals surface area contributed by atoms with Crippen LogP contribution in [0.15, 0.2) is 23.2 Å². The average Bonchev–Trinajstić information content (AvgIpc) is 2.75. The van der Waals surface area contributed by atoms with Gasteiger partial charge in [-0.25, -0.2) is 4.39 Å². The average molecular weight is 534 g/mol. The molecule has 7 nitrogen and oxygen atoms in total. The third kappa shape index (κ3) is 6.44. The molecule has 1 N–H and O–H groups in total. The fraction of sp³-hybridized carbons (Fsp3) is 0.619. The van der Waals surface area contributed by atoms with E-state index in [9.17, 15) is 9.18 Å². The number of rotatable bonds is 5. The minimum Gasteiger partial charge on any atom is -0.466 e. The third-order valence-corrected chi connectivity index (χ3v) is 5.44. The summed E-state index contributed by atoms with van der Waals surface area (Å²) in [5, 5.41) is 3.31. The Morgan fingerprint density at radius 3 is 2.57 bits per heavy atom. The monoisotopic (exact) mass is 534 g/mol. The largest absolute Gasteiger partial charge is 0.466 e. The van der Waals surface area contributed by atoms with Crippen molar-refractivity contribution >= 4 is 41.6 Å². The van der Waals surface area contributed by atoms with Gasteiger partial charge in [0.25, 0.3) is 0 Å². The van der Waals surface area contributed by atoms with Crippen LogP contribution in [0.1, 0.15) is 25.3 Å². The number of carbonyl (C=O) groups is 1. The van der Waals surface area contributed by atoms with Crippen molar-refractivity contribution in [2.45, 2.75) is 26.3 Å². The fourth-order valence-corrected chi connectivity index (χ4v) is 3.82. The van der Waals surface area contributed by atoms with Crippen LogP contribution in [-0.2, 0) is 20.8 Å². The zero-order chi connectivity index (χ0) is 20.6. The zero-order valence-electron chi connectivity index (χ0n) is 17.7. The quantitative estimate of drug-likeness (QED) is 0.271. The molecule has 2 fully saturated rings. The summed E-state index contributed by atoms with van der Waals surface area (Å²) in [7, 11) is 1.74. The first kappa shape index (κ1) is 24.6. The maximum Gasteiger partial charge on any atom is 0.309 e. The minimum absolute atomic E-state index is 0. The van der Waals surface area contributed by atoms with Crippen molar-refractivity contribution in [1.82, 2.24) is 10.2 Å². The van der Waals surface area contributed by atoms with Crippen LogP contribution in [0.25, 0.3) is 0 Å². The van der Waals surface area contributed by atoms with Crippen LogP contribution in [0, 0.1) is 11.7 Å². The molecule has 2 aliphatic rings. The predicted octanol–water partition coefficient (Wildman–Crippen LogP) is 2.63. The van der Waals surface area contributed by atoms with Gasteiger partial charge in [0.1, 0.15) is 5.82 Å². The minimum atomic E-state index is -0.212. The van der Waals surface area contributed by atoms with Crippen molar-refractivity contribution in [3.63, 3.8) is 0 Å². The summed E-state index contributed by atoms with van der Waals surface area (Å²) in [6.07, 6.45) is 1.50. The molecular formula is C21H32FIN4O3. The van der Waals surface area contributed by atoms with Crippen LogP contribution < -0.4 is 10.2 Å². The number of nitrogens with zero attached hydrogens (tertiary/aromatic N) is 3. The van der Waals surface area contributed by atoms with Crippen LogP contribution in [0.5, 0.6) is 0 Å². The van der Waals surface area contributed by atoms with E-state index in [1.807, 2.05) is 24.0 Å². The van der Waals surface area contributed by atoms with Crippen molar-refractivity contribution < 1.29 is 18.7 Å². The Balaban J connectivity index is 0.00000320. The zero-order valence-corrected chi connectivity index (χ0v) is 20.1. The van der Waals surface area contributed by atoms with E-state index in [0.29, 0.717) is 45.1 Å². The molecule has 9 heteroatoms. The van der Waals surface area contributed by atoms with Gasteiger partial charge in [0.15, 0.2) is 5.96 Å². The number of halogens is 2. The lowest BCUT2D eigenvalue weighted by molar-refractivity contribution is -0.149.